The maximum absolute atomic E-state index is 9.34. The summed E-state index contributed by atoms with van der Waals surface area (Å²) in [5.74, 6) is 0. The van der Waals surface area contributed by atoms with E-state index in [4.69, 9.17) is 19.7 Å². The van der Waals surface area contributed by atoms with Gasteiger partial charge in [-0.25, -0.2) is 0 Å². The molecule has 2 atom stereocenters. The molecular formula is C9H21BO5. The summed E-state index contributed by atoms with van der Waals surface area (Å²) in [6.45, 7) is 0.705. The predicted molar refractivity (Wildman–Crippen MR) is 58.7 cm³/mol. The molecule has 0 aliphatic rings. The molecule has 0 bridgehead atoms. The first-order chi connectivity index (χ1) is 7.20. The zero-order valence-electron chi connectivity index (χ0n) is 9.26. The molecule has 6 heteroatoms. The van der Waals surface area contributed by atoms with Gasteiger partial charge in [-0.05, 0) is 6.42 Å². The van der Waals surface area contributed by atoms with Crippen molar-refractivity contribution in [2.75, 3.05) is 33.0 Å². The molecule has 0 amide bonds. The minimum Gasteiger partial charge on any atom is -0.394 e. The first-order valence-electron chi connectivity index (χ1n) is 5.33. The Kier molecular flexibility index (Phi) is 10.3. The average molecular weight is 220 g/mol. The summed E-state index contributed by atoms with van der Waals surface area (Å²) in [5.41, 5.74) is 0. The summed E-state index contributed by atoms with van der Waals surface area (Å²) in [7, 11) is 2.07. The molecule has 0 aliphatic heterocycles. The lowest BCUT2D eigenvalue weighted by atomic mass is 10.0. The smallest absolute Gasteiger partial charge is 0.101 e. The molecule has 15 heavy (non-hydrogen) atoms. The van der Waals surface area contributed by atoms with Gasteiger partial charge in [-0.3, -0.25) is 0 Å². The van der Waals surface area contributed by atoms with Crippen molar-refractivity contribution in [2.24, 2.45) is 0 Å². The van der Waals surface area contributed by atoms with E-state index < -0.39 is 12.2 Å². The van der Waals surface area contributed by atoms with Gasteiger partial charge in [0.05, 0.1) is 26.4 Å². The van der Waals surface area contributed by atoms with Gasteiger partial charge >= 0.3 is 0 Å². The molecule has 0 saturated carbocycles. The van der Waals surface area contributed by atoms with Crippen LogP contribution in [0.1, 0.15) is 6.42 Å². The van der Waals surface area contributed by atoms with Gasteiger partial charge in [-0.15, -0.1) is 0 Å². The number of rotatable bonds is 10. The molecule has 0 saturated heterocycles. The van der Waals surface area contributed by atoms with Crippen LogP contribution in [0.5, 0.6) is 0 Å². The molecular weight excluding hydrogens is 199 g/mol. The Hall–Kier alpha value is -0.135. The van der Waals surface area contributed by atoms with Crippen molar-refractivity contribution in [3.05, 3.63) is 0 Å². The lowest BCUT2D eigenvalue weighted by molar-refractivity contribution is -0.0477. The summed E-state index contributed by atoms with van der Waals surface area (Å²) < 4.78 is 10.1. The van der Waals surface area contributed by atoms with Crippen molar-refractivity contribution in [1.82, 2.24) is 0 Å². The summed E-state index contributed by atoms with van der Waals surface area (Å²) >= 11 is 0. The number of ether oxygens (including phenoxy) is 2. The zero-order chi connectivity index (χ0) is 11.5. The van der Waals surface area contributed by atoms with Crippen molar-refractivity contribution in [3.63, 3.8) is 0 Å². The molecule has 0 aliphatic carbocycles. The Labute approximate surface area is 91.4 Å². The molecule has 3 N–H and O–H groups in total. The summed E-state index contributed by atoms with van der Waals surface area (Å²) in [4.78, 5) is 0. The predicted octanol–water partition coefficient (Wildman–Crippen LogP) is -1.82. The summed E-state index contributed by atoms with van der Waals surface area (Å²) in [5, 5.41) is 26.8. The molecule has 0 heterocycles. The molecule has 0 aromatic carbocycles. The van der Waals surface area contributed by atoms with E-state index >= 15 is 0 Å². The fourth-order valence-corrected chi connectivity index (χ4v) is 0.907. The number of aliphatic hydroxyl groups is 3. The Morgan fingerprint density at radius 3 is 2.20 bits per heavy atom. The maximum atomic E-state index is 9.34. The quantitative estimate of drug-likeness (QED) is 0.298. The highest BCUT2D eigenvalue weighted by atomic mass is 16.5. The fraction of sp³-hybridized carbons (Fsp3) is 1.00. The van der Waals surface area contributed by atoms with Crippen LogP contribution in [0.4, 0.5) is 0 Å². The highest BCUT2D eigenvalue weighted by Crippen LogP contribution is 1.92. The van der Waals surface area contributed by atoms with Gasteiger partial charge in [0.1, 0.15) is 20.1 Å². The van der Waals surface area contributed by atoms with Gasteiger partial charge in [0.15, 0.2) is 0 Å². The molecule has 0 aromatic rings. The van der Waals surface area contributed by atoms with Crippen LogP contribution in [-0.2, 0) is 9.47 Å². The Balaban J connectivity index is 3.21. The topological polar surface area (TPSA) is 79.2 Å². The van der Waals surface area contributed by atoms with Crippen LogP contribution in [0, 0.1) is 0 Å². The van der Waals surface area contributed by atoms with Crippen LogP contribution in [-0.4, -0.2) is 68.4 Å². The van der Waals surface area contributed by atoms with E-state index in [1.54, 1.807) is 0 Å². The summed E-state index contributed by atoms with van der Waals surface area (Å²) in [6, 6.07) is 0. The maximum Gasteiger partial charge on any atom is 0.101 e. The molecule has 0 rings (SSSR count). The van der Waals surface area contributed by atoms with Crippen LogP contribution < -0.4 is 0 Å². The van der Waals surface area contributed by atoms with E-state index in [1.165, 1.54) is 0 Å². The third kappa shape index (κ3) is 10.2. The van der Waals surface area contributed by atoms with E-state index in [9.17, 15) is 5.11 Å². The average Bonchev–Trinajstić information content (AvgIpc) is 2.24. The number of hydrogen-bond donors (Lipinski definition) is 3. The van der Waals surface area contributed by atoms with Crippen molar-refractivity contribution >= 4 is 7.85 Å². The van der Waals surface area contributed by atoms with Crippen LogP contribution in [0.15, 0.2) is 0 Å². The van der Waals surface area contributed by atoms with Gasteiger partial charge in [-0.2, -0.15) is 0 Å². The first-order valence-corrected chi connectivity index (χ1v) is 5.33. The molecule has 0 aromatic heterocycles. The molecule has 0 spiro atoms. The van der Waals surface area contributed by atoms with Crippen molar-refractivity contribution < 1.29 is 24.8 Å². The van der Waals surface area contributed by atoms with E-state index in [0.29, 0.717) is 6.61 Å². The lowest BCUT2D eigenvalue weighted by Gasteiger charge is -2.13. The van der Waals surface area contributed by atoms with E-state index in [2.05, 4.69) is 7.85 Å². The Morgan fingerprint density at radius 1 is 1.00 bits per heavy atom. The molecule has 2 unspecified atom stereocenters. The largest absolute Gasteiger partial charge is 0.394 e. The first kappa shape index (κ1) is 14.9. The SMILES string of the molecule is BCCCOCC(O)COCC(O)CO. The normalized spacial score (nSPS) is 15.1. The fourth-order valence-electron chi connectivity index (χ4n) is 0.907. The Morgan fingerprint density at radius 2 is 1.60 bits per heavy atom. The zero-order valence-corrected chi connectivity index (χ0v) is 9.26. The van der Waals surface area contributed by atoms with Gasteiger partial charge in [0.25, 0.3) is 0 Å². The van der Waals surface area contributed by atoms with Crippen LogP contribution in [0.25, 0.3) is 0 Å². The third-order valence-electron chi connectivity index (χ3n) is 1.78. The lowest BCUT2D eigenvalue weighted by Crippen LogP contribution is -2.26. The second kappa shape index (κ2) is 10.4. The van der Waals surface area contributed by atoms with E-state index in [-0.39, 0.29) is 26.4 Å². The van der Waals surface area contributed by atoms with Gasteiger partial charge in [-0.1, -0.05) is 6.32 Å². The molecule has 90 valence electrons. The Bertz CT molecular complexity index is 136. The molecule has 5 nitrogen and oxygen atoms in total. The highest BCUT2D eigenvalue weighted by Gasteiger charge is 2.06. The standard InChI is InChI=1S/C9H21BO5/c10-2-1-3-14-6-9(13)7-15-5-8(12)4-11/h8-9,11-13H,1-7,10H2. The van der Waals surface area contributed by atoms with Crippen molar-refractivity contribution in [2.45, 2.75) is 24.9 Å². The number of hydrogen-bond acceptors (Lipinski definition) is 5. The number of aliphatic hydroxyl groups excluding tert-OH is 3. The van der Waals surface area contributed by atoms with Crippen LogP contribution in [0.3, 0.4) is 0 Å². The van der Waals surface area contributed by atoms with Crippen LogP contribution >= 0.6 is 0 Å². The van der Waals surface area contributed by atoms with Gasteiger partial charge < -0.3 is 24.8 Å². The second-order valence-corrected chi connectivity index (χ2v) is 3.46. The molecule has 0 fully saturated rings. The second-order valence-electron chi connectivity index (χ2n) is 3.46. The van der Waals surface area contributed by atoms with E-state index in [1.807, 2.05) is 0 Å². The van der Waals surface area contributed by atoms with Crippen LogP contribution in [0.2, 0.25) is 6.32 Å². The third-order valence-corrected chi connectivity index (χ3v) is 1.78. The summed E-state index contributed by atoms with van der Waals surface area (Å²) in [6.07, 6.45) is 0.498. The minimum absolute atomic E-state index is 0.0303. The van der Waals surface area contributed by atoms with Gasteiger partial charge in [0, 0.05) is 6.61 Å². The monoisotopic (exact) mass is 220 g/mol. The minimum atomic E-state index is -0.877. The van der Waals surface area contributed by atoms with Crippen molar-refractivity contribution in [1.29, 1.82) is 0 Å². The van der Waals surface area contributed by atoms with E-state index in [0.717, 1.165) is 12.7 Å². The van der Waals surface area contributed by atoms with Gasteiger partial charge in [0.2, 0.25) is 0 Å². The molecule has 0 radical (unpaired) electrons. The highest BCUT2D eigenvalue weighted by molar-refractivity contribution is 6.08. The van der Waals surface area contributed by atoms with Crippen molar-refractivity contribution in [3.8, 4) is 0 Å².